The first-order valence-corrected chi connectivity index (χ1v) is 13.9. The number of halogens is 9. The third kappa shape index (κ3) is 6.88. The Morgan fingerprint density at radius 1 is 0.667 bits per heavy atom. The first-order valence-electron chi connectivity index (χ1n) is 13.9. The van der Waals surface area contributed by atoms with Crippen molar-refractivity contribution in [2.45, 2.75) is 43.8 Å². The fourth-order valence-corrected chi connectivity index (χ4v) is 5.49. The fourth-order valence-electron chi connectivity index (χ4n) is 5.49. The molecule has 1 fully saturated rings. The average molecular weight is 637 g/mol. The van der Waals surface area contributed by atoms with E-state index in [0.717, 1.165) is 36.4 Å². The molecule has 0 saturated heterocycles. The van der Waals surface area contributed by atoms with Crippen LogP contribution in [0.2, 0.25) is 0 Å². The Balaban J connectivity index is 1.32. The van der Waals surface area contributed by atoms with Crippen molar-refractivity contribution in [1.29, 1.82) is 0 Å². The molecule has 0 radical (unpaired) electrons. The van der Waals surface area contributed by atoms with E-state index in [1.807, 2.05) is 0 Å². The third-order valence-electron chi connectivity index (χ3n) is 7.71. The Labute approximate surface area is 252 Å². The molecule has 5 rings (SSSR count). The van der Waals surface area contributed by atoms with Crippen LogP contribution in [0.3, 0.4) is 0 Å². The van der Waals surface area contributed by atoms with Crippen LogP contribution in [0.25, 0.3) is 22.3 Å². The van der Waals surface area contributed by atoms with Gasteiger partial charge in [-0.3, -0.25) is 0 Å². The normalized spacial score (nSPS) is 16.9. The summed E-state index contributed by atoms with van der Waals surface area (Å²) in [5, 5.41) is 0. The Kier molecular flexibility index (Phi) is 9.29. The molecule has 0 bridgehead atoms. The van der Waals surface area contributed by atoms with Gasteiger partial charge >= 0.3 is 6.11 Å². The molecule has 2 nitrogen and oxygen atoms in total. The molecule has 0 unspecified atom stereocenters. The molecule has 4 aromatic rings. The molecule has 1 aliphatic rings. The summed E-state index contributed by atoms with van der Waals surface area (Å²) >= 11 is 0. The molecule has 0 aromatic heterocycles. The van der Waals surface area contributed by atoms with E-state index in [0.29, 0.717) is 50.5 Å². The molecule has 0 aliphatic heterocycles. The van der Waals surface area contributed by atoms with Crippen molar-refractivity contribution in [1.82, 2.24) is 0 Å². The lowest BCUT2D eigenvalue weighted by molar-refractivity contribution is -0.189. The molecule has 45 heavy (non-hydrogen) atoms. The van der Waals surface area contributed by atoms with E-state index in [4.69, 9.17) is 4.74 Å². The second-order valence-electron chi connectivity index (χ2n) is 10.7. The van der Waals surface area contributed by atoms with Crippen LogP contribution in [0.4, 0.5) is 39.5 Å². The number of benzene rings is 4. The molecule has 0 amide bonds. The smallest absolute Gasteiger partial charge is 0.429 e. The largest absolute Gasteiger partial charge is 0.432 e. The van der Waals surface area contributed by atoms with Crippen molar-refractivity contribution < 1.29 is 49.0 Å². The van der Waals surface area contributed by atoms with Crippen LogP contribution >= 0.6 is 0 Å². The van der Waals surface area contributed by atoms with Crippen LogP contribution in [0.15, 0.2) is 73.3 Å². The molecule has 11 heteroatoms. The van der Waals surface area contributed by atoms with Gasteiger partial charge in [-0.2, -0.15) is 8.78 Å². The van der Waals surface area contributed by atoms with E-state index in [-0.39, 0.29) is 39.8 Å². The fraction of sp³-hybridized carbons (Fsp3) is 0.235. The van der Waals surface area contributed by atoms with Gasteiger partial charge in [-0.15, -0.1) is 6.58 Å². The second-order valence-corrected chi connectivity index (χ2v) is 10.7. The summed E-state index contributed by atoms with van der Waals surface area (Å²) in [6.45, 7) is 3.97. The SMILES string of the molecule is C=CCOC1CCC(c2cc(F)c(C(F)(F)Oc3ccc(-c4ccc(-c5cc(F)c(F)c(F)c5)c(F)c4)c(F)c3)c(F)c2)CC1. The van der Waals surface area contributed by atoms with Crippen LogP contribution in [0.5, 0.6) is 5.75 Å². The first kappa shape index (κ1) is 32.2. The third-order valence-corrected chi connectivity index (χ3v) is 7.71. The van der Waals surface area contributed by atoms with Gasteiger partial charge in [0.25, 0.3) is 0 Å². The molecule has 0 N–H and O–H groups in total. The van der Waals surface area contributed by atoms with Crippen LogP contribution in [-0.4, -0.2) is 12.7 Å². The van der Waals surface area contributed by atoms with E-state index in [9.17, 15) is 30.7 Å². The molecule has 236 valence electrons. The highest BCUT2D eigenvalue weighted by molar-refractivity contribution is 5.72. The summed E-state index contributed by atoms with van der Waals surface area (Å²) in [6, 6.07) is 8.40. The lowest BCUT2D eigenvalue weighted by Gasteiger charge is -2.29. The summed E-state index contributed by atoms with van der Waals surface area (Å²) < 4.78 is 140. The predicted molar refractivity (Wildman–Crippen MR) is 149 cm³/mol. The Bertz CT molecular complexity index is 1680. The van der Waals surface area contributed by atoms with Crippen molar-refractivity contribution >= 4 is 0 Å². The molecule has 0 heterocycles. The average Bonchev–Trinajstić information content (AvgIpc) is 2.98. The number of ether oxygens (including phenoxy) is 2. The van der Waals surface area contributed by atoms with Gasteiger partial charge in [0, 0.05) is 17.2 Å². The van der Waals surface area contributed by atoms with Gasteiger partial charge < -0.3 is 9.47 Å². The minimum Gasteiger partial charge on any atom is -0.429 e. The Morgan fingerprint density at radius 3 is 1.80 bits per heavy atom. The Hall–Kier alpha value is -4.25. The minimum absolute atomic E-state index is 0.0191. The van der Waals surface area contributed by atoms with E-state index in [2.05, 4.69) is 11.3 Å². The van der Waals surface area contributed by atoms with Crippen molar-refractivity contribution in [3.8, 4) is 28.0 Å². The molecular formula is C34H25F9O2. The molecule has 1 aliphatic carbocycles. The summed E-state index contributed by atoms with van der Waals surface area (Å²) in [6.07, 6.45) is -0.555. The van der Waals surface area contributed by atoms with Crippen molar-refractivity contribution in [3.63, 3.8) is 0 Å². The monoisotopic (exact) mass is 636 g/mol. The zero-order valence-corrected chi connectivity index (χ0v) is 23.5. The van der Waals surface area contributed by atoms with E-state index in [1.54, 1.807) is 6.08 Å². The minimum atomic E-state index is -4.52. The topological polar surface area (TPSA) is 18.5 Å². The molecular weight excluding hydrogens is 611 g/mol. The van der Waals surface area contributed by atoms with Crippen molar-refractivity contribution in [2.24, 2.45) is 0 Å². The van der Waals surface area contributed by atoms with E-state index >= 15 is 8.78 Å². The first-order chi connectivity index (χ1) is 21.4. The van der Waals surface area contributed by atoms with Gasteiger partial charge in [0.15, 0.2) is 17.5 Å². The van der Waals surface area contributed by atoms with E-state index < -0.39 is 58.1 Å². The van der Waals surface area contributed by atoms with Gasteiger partial charge in [-0.25, -0.2) is 30.7 Å². The van der Waals surface area contributed by atoms with Gasteiger partial charge in [0.05, 0.1) is 12.7 Å². The maximum absolute atomic E-state index is 15.0. The summed E-state index contributed by atoms with van der Waals surface area (Å²) in [5.74, 6) is -11.0. The van der Waals surface area contributed by atoms with Crippen LogP contribution < -0.4 is 4.74 Å². The predicted octanol–water partition coefficient (Wildman–Crippen LogP) is 10.4. The van der Waals surface area contributed by atoms with Gasteiger partial charge in [0.2, 0.25) is 0 Å². The van der Waals surface area contributed by atoms with Crippen molar-refractivity contribution in [2.75, 3.05) is 6.61 Å². The highest BCUT2D eigenvalue weighted by Gasteiger charge is 2.42. The highest BCUT2D eigenvalue weighted by Crippen LogP contribution is 2.40. The maximum atomic E-state index is 15.0. The van der Waals surface area contributed by atoms with Crippen LogP contribution in [0.1, 0.15) is 42.7 Å². The molecule has 4 aromatic carbocycles. The maximum Gasteiger partial charge on any atom is 0.432 e. The van der Waals surface area contributed by atoms with Crippen LogP contribution in [-0.2, 0) is 10.8 Å². The molecule has 0 spiro atoms. The number of rotatable bonds is 9. The highest BCUT2D eigenvalue weighted by atomic mass is 19.3. The standard InChI is InChI=1S/C34H25F9O2/c1-2-11-44-22-6-3-18(4-7-22)20-13-28(37)32(29(38)14-20)34(42,43)45-23-8-10-24(27(36)17-23)19-5-9-25(26(35)12-19)21-15-30(39)33(41)31(40)16-21/h2,5,8-10,12-18,22H,1,3-4,6-7,11H2. The zero-order valence-electron chi connectivity index (χ0n) is 23.5. The van der Waals surface area contributed by atoms with Crippen molar-refractivity contribution in [3.05, 3.63) is 125 Å². The summed E-state index contributed by atoms with van der Waals surface area (Å²) in [5.41, 5.74) is -2.37. The van der Waals surface area contributed by atoms with Gasteiger partial charge in [-0.1, -0.05) is 18.2 Å². The summed E-state index contributed by atoms with van der Waals surface area (Å²) in [7, 11) is 0. The molecule has 0 atom stereocenters. The van der Waals surface area contributed by atoms with Gasteiger partial charge in [0.1, 0.15) is 34.6 Å². The van der Waals surface area contributed by atoms with E-state index in [1.165, 1.54) is 6.07 Å². The number of hydrogen-bond acceptors (Lipinski definition) is 2. The lowest BCUT2D eigenvalue weighted by atomic mass is 9.82. The zero-order chi connectivity index (χ0) is 32.5. The molecule has 1 saturated carbocycles. The lowest BCUT2D eigenvalue weighted by Crippen LogP contribution is -2.26. The Morgan fingerprint density at radius 2 is 1.22 bits per heavy atom. The number of hydrogen-bond donors (Lipinski definition) is 0. The second kappa shape index (κ2) is 13.0. The summed E-state index contributed by atoms with van der Waals surface area (Å²) in [4.78, 5) is 0. The quantitative estimate of drug-likeness (QED) is 0.103. The number of alkyl halides is 2. The van der Waals surface area contributed by atoms with Gasteiger partial charge in [-0.05, 0) is 90.8 Å². The van der Waals surface area contributed by atoms with Crippen LogP contribution in [0, 0.1) is 40.7 Å².